The number of halogens is 1. The van der Waals surface area contributed by atoms with Gasteiger partial charge in [0, 0.05) is 25.0 Å². The van der Waals surface area contributed by atoms with E-state index in [2.05, 4.69) is 42.8 Å². The van der Waals surface area contributed by atoms with Gasteiger partial charge in [0.05, 0.1) is 10.9 Å². The lowest BCUT2D eigenvalue weighted by atomic mass is 10.2. The first-order valence-electron chi connectivity index (χ1n) is 9.78. The molecule has 2 aromatic rings. The Morgan fingerprint density at radius 1 is 1.17 bits per heavy atom. The van der Waals surface area contributed by atoms with E-state index < -0.39 is 10.0 Å². The molecular weight excluding hydrogens is 533 g/mol. The summed E-state index contributed by atoms with van der Waals surface area (Å²) in [6.45, 7) is 3.63. The fourth-order valence-corrected chi connectivity index (χ4v) is 5.04. The Labute approximate surface area is 200 Å². The number of guanidine groups is 1. The smallest absolute Gasteiger partial charge is 0.240 e. The molecule has 1 aliphatic rings. The summed E-state index contributed by atoms with van der Waals surface area (Å²) in [4.78, 5) is 8.49. The minimum atomic E-state index is -3.41. The lowest BCUT2D eigenvalue weighted by Crippen LogP contribution is -2.42. The predicted octanol–water partition coefficient (Wildman–Crippen LogP) is 2.78. The van der Waals surface area contributed by atoms with Gasteiger partial charge in [-0.3, -0.25) is 9.89 Å². The van der Waals surface area contributed by atoms with Crippen molar-refractivity contribution >= 4 is 51.3 Å². The van der Waals surface area contributed by atoms with E-state index in [1.807, 2.05) is 12.1 Å². The average Bonchev–Trinajstić information content (AvgIpc) is 3.45. The standard InChI is InChI=1S/C20H29N5O2S2.HI/c1-21-20(23-14-16-7-9-17(10-8-16)29(26,27)22-2)24-15-18(19-6-5-13-28-19)25-11-3-4-12-25;/h5-10,13,18,22H,3-4,11-12,14-15H2,1-2H3,(H2,21,23,24);1H. The van der Waals surface area contributed by atoms with Gasteiger partial charge in [0.2, 0.25) is 10.0 Å². The maximum atomic E-state index is 11.8. The predicted molar refractivity (Wildman–Crippen MR) is 134 cm³/mol. The summed E-state index contributed by atoms with van der Waals surface area (Å²) in [5.41, 5.74) is 0.984. The molecule has 1 aromatic carbocycles. The van der Waals surface area contributed by atoms with Gasteiger partial charge >= 0.3 is 0 Å². The summed E-state index contributed by atoms with van der Waals surface area (Å²) in [6, 6.07) is 11.5. The first-order valence-corrected chi connectivity index (χ1v) is 12.1. The summed E-state index contributed by atoms with van der Waals surface area (Å²) >= 11 is 1.80. The van der Waals surface area contributed by atoms with Gasteiger partial charge in [0.15, 0.2) is 5.96 Å². The molecule has 1 unspecified atom stereocenters. The highest BCUT2D eigenvalue weighted by molar-refractivity contribution is 14.0. The molecule has 3 rings (SSSR count). The molecule has 0 saturated carbocycles. The van der Waals surface area contributed by atoms with Crippen molar-refractivity contribution in [1.29, 1.82) is 0 Å². The lowest BCUT2D eigenvalue weighted by molar-refractivity contribution is 0.249. The van der Waals surface area contributed by atoms with E-state index in [1.54, 1.807) is 30.5 Å². The SMILES string of the molecule is CN=C(NCc1ccc(S(=O)(=O)NC)cc1)NCC(c1cccs1)N1CCCC1.I. The van der Waals surface area contributed by atoms with Crippen LogP contribution in [0.15, 0.2) is 51.7 Å². The number of likely N-dealkylation sites (tertiary alicyclic amines) is 1. The molecular formula is C20H30IN5O2S2. The Balaban J connectivity index is 0.00000320. The van der Waals surface area contributed by atoms with Crippen molar-refractivity contribution < 1.29 is 8.42 Å². The lowest BCUT2D eigenvalue weighted by Gasteiger charge is -2.27. The van der Waals surface area contributed by atoms with Gasteiger partial charge in [-0.1, -0.05) is 18.2 Å². The Hall–Kier alpha value is -1.21. The van der Waals surface area contributed by atoms with Crippen LogP contribution in [0.3, 0.4) is 0 Å². The Bertz CT molecular complexity index is 896. The molecule has 1 aliphatic heterocycles. The van der Waals surface area contributed by atoms with E-state index >= 15 is 0 Å². The number of thiophene rings is 1. The third kappa shape index (κ3) is 6.64. The molecule has 1 atom stereocenters. The third-order valence-electron chi connectivity index (χ3n) is 5.10. The van der Waals surface area contributed by atoms with Crippen molar-refractivity contribution in [3.8, 4) is 0 Å². The maximum absolute atomic E-state index is 11.8. The van der Waals surface area contributed by atoms with Gasteiger partial charge in [-0.2, -0.15) is 0 Å². The molecule has 0 bridgehead atoms. The topological polar surface area (TPSA) is 85.8 Å². The van der Waals surface area contributed by atoms with Gasteiger partial charge in [-0.15, -0.1) is 35.3 Å². The Morgan fingerprint density at radius 3 is 2.43 bits per heavy atom. The summed E-state index contributed by atoms with van der Waals surface area (Å²) in [7, 11) is -0.242. The van der Waals surface area contributed by atoms with E-state index in [0.717, 1.165) is 31.2 Å². The second-order valence-corrected chi connectivity index (χ2v) is 9.80. The van der Waals surface area contributed by atoms with Crippen molar-refractivity contribution in [2.45, 2.75) is 30.3 Å². The first kappa shape index (κ1) is 25.1. The molecule has 1 fully saturated rings. The van der Waals surface area contributed by atoms with E-state index in [1.165, 1.54) is 24.8 Å². The molecule has 0 radical (unpaired) electrons. The highest BCUT2D eigenvalue weighted by Gasteiger charge is 2.24. The molecule has 166 valence electrons. The summed E-state index contributed by atoms with van der Waals surface area (Å²) in [6.07, 6.45) is 2.52. The summed E-state index contributed by atoms with van der Waals surface area (Å²) in [5.74, 6) is 0.734. The average molecular weight is 564 g/mol. The van der Waals surface area contributed by atoms with E-state index in [9.17, 15) is 8.42 Å². The Morgan fingerprint density at radius 2 is 1.87 bits per heavy atom. The van der Waals surface area contributed by atoms with Crippen molar-refractivity contribution in [2.24, 2.45) is 4.99 Å². The number of benzene rings is 1. The molecule has 0 spiro atoms. The van der Waals surface area contributed by atoms with Crippen LogP contribution in [0, 0.1) is 0 Å². The van der Waals surface area contributed by atoms with Crippen molar-refractivity contribution in [2.75, 3.05) is 33.7 Å². The zero-order chi connectivity index (χ0) is 20.7. The van der Waals surface area contributed by atoms with Gasteiger partial charge < -0.3 is 10.6 Å². The van der Waals surface area contributed by atoms with Crippen LogP contribution in [0.25, 0.3) is 0 Å². The largest absolute Gasteiger partial charge is 0.354 e. The van der Waals surface area contributed by atoms with Crippen LogP contribution in [-0.4, -0.2) is 53.0 Å². The highest BCUT2D eigenvalue weighted by Crippen LogP contribution is 2.27. The van der Waals surface area contributed by atoms with Crippen LogP contribution in [-0.2, 0) is 16.6 Å². The maximum Gasteiger partial charge on any atom is 0.240 e. The quantitative estimate of drug-likeness (QED) is 0.262. The zero-order valence-electron chi connectivity index (χ0n) is 17.3. The molecule has 1 saturated heterocycles. The summed E-state index contributed by atoms with van der Waals surface area (Å²) in [5, 5.41) is 8.88. The molecule has 2 heterocycles. The van der Waals surface area contributed by atoms with Gasteiger partial charge in [0.25, 0.3) is 0 Å². The number of nitrogens with one attached hydrogen (secondary N) is 3. The van der Waals surface area contributed by atoms with Crippen LogP contribution < -0.4 is 15.4 Å². The minimum absolute atomic E-state index is 0. The molecule has 1 aromatic heterocycles. The van der Waals surface area contributed by atoms with E-state index in [4.69, 9.17) is 0 Å². The van der Waals surface area contributed by atoms with Gasteiger partial charge in [0.1, 0.15) is 0 Å². The minimum Gasteiger partial charge on any atom is -0.354 e. The zero-order valence-corrected chi connectivity index (χ0v) is 21.3. The van der Waals surface area contributed by atoms with E-state index in [-0.39, 0.29) is 28.9 Å². The fourth-order valence-electron chi connectivity index (χ4n) is 3.45. The van der Waals surface area contributed by atoms with Crippen molar-refractivity contribution in [1.82, 2.24) is 20.3 Å². The highest BCUT2D eigenvalue weighted by atomic mass is 127. The first-order chi connectivity index (χ1) is 14.0. The number of aliphatic imine (C=N–C) groups is 1. The number of nitrogens with zero attached hydrogens (tertiary/aromatic N) is 2. The number of sulfonamides is 1. The molecule has 3 N–H and O–H groups in total. The van der Waals surface area contributed by atoms with Crippen molar-refractivity contribution in [3.63, 3.8) is 0 Å². The number of hydrogen-bond donors (Lipinski definition) is 3. The van der Waals surface area contributed by atoms with Crippen LogP contribution >= 0.6 is 35.3 Å². The summed E-state index contributed by atoms with van der Waals surface area (Å²) < 4.78 is 26.0. The molecule has 7 nitrogen and oxygen atoms in total. The monoisotopic (exact) mass is 563 g/mol. The second kappa shape index (κ2) is 12.0. The van der Waals surface area contributed by atoms with Gasteiger partial charge in [-0.05, 0) is 62.1 Å². The number of hydrogen-bond acceptors (Lipinski definition) is 5. The normalized spacial score (nSPS) is 16.1. The van der Waals surface area contributed by atoms with Crippen LogP contribution in [0.1, 0.15) is 29.3 Å². The molecule has 30 heavy (non-hydrogen) atoms. The third-order valence-corrected chi connectivity index (χ3v) is 7.51. The van der Waals surface area contributed by atoms with Crippen LogP contribution in [0.2, 0.25) is 0 Å². The number of rotatable bonds is 8. The fraction of sp³-hybridized carbons (Fsp3) is 0.450. The van der Waals surface area contributed by atoms with Gasteiger partial charge in [-0.25, -0.2) is 13.1 Å². The Kier molecular flexibility index (Phi) is 10.0. The van der Waals surface area contributed by atoms with Crippen LogP contribution in [0.5, 0.6) is 0 Å². The second-order valence-electron chi connectivity index (χ2n) is 6.93. The molecule has 0 amide bonds. The van der Waals surface area contributed by atoms with Crippen molar-refractivity contribution in [3.05, 3.63) is 52.2 Å². The molecule has 10 heteroatoms. The molecule has 0 aliphatic carbocycles. The van der Waals surface area contributed by atoms with Crippen LogP contribution in [0.4, 0.5) is 0 Å². The van der Waals surface area contributed by atoms with E-state index in [0.29, 0.717) is 12.6 Å².